The first-order chi connectivity index (χ1) is 19.0. The van der Waals surface area contributed by atoms with E-state index in [9.17, 15) is 24.0 Å². The first kappa shape index (κ1) is 32.7. The summed E-state index contributed by atoms with van der Waals surface area (Å²) in [6.45, 7) is 4.71. The molecule has 3 N–H and O–H groups in total. The quantitative estimate of drug-likeness (QED) is 0.185. The van der Waals surface area contributed by atoms with Gasteiger partial charge in [-0.3, -0.25) is 24.0 Å². The number of esters is 4. The van der Waals surface area contributed by atoms with Gasteiger partial charge in [0.25, 0.3) is 0 Å². The van der Waals surface area contributed by atoms with Crippen LogP contribution in [0.3, 0.4) is 0 Å². The van der Waals surface area contributed by atoms with Crippen molar-refractivity contribution in [3.8, 4) is 0 Å². The number of ether oxygens (including phenoxy) is 6. The Morgan fingerprint density at radius 2 is 1.55 bits per heavy atom. The SMILES string of the molecule is CC(=O)NC1C(OC(C)=O)[C@@H](OC(C)=O)C(COC(C)=O)O[C@@H]1OCCCC[C@H](N)C(=O)OCc1ccccc1. The van der Waals surface area contributed by atoms with Crippen LogP contribution in [0.2, 0.25) is 0 Å². The molecule has 40 heavy (non-hydrogen) atoms. The zero-order valence-electron chi connectivity index (χ0n) is 23.2. The van der Waals surface area contributed by atoms with Crippen molar-refractivity contribution in [1.82, 2.24) is 5.32 Å². The fourth-order valence-electron chi connectivity index (χ4n) is 4.05. The maximum atomic E-state index is 12.2. The Bertz CT molecular complexity index is 1000. The summed E-state index contributed by atoms with van der Waals surface area (Å²) in [5.74, 6) is -2.98. The van der Waals surface area contributed by atoms with Crippen LogP contribution in [0.4, 0.5) is 0 Å². The first-order valence-electron chi connectivity index (χ1n) is 13.0. The fraction of sp³-hybridized carbons (Fsp3) is 0.593. The van der Waals surface area contributed by atoms with Gasteiger partial charge in [0.05, 0.1) is 0 Å². The highest BCUT2D eigenvalue weighted by atomic mass is 16.7. The molecule has 2 rings (SSSR count). The summed E-state index contributed by atoms with van der Waals surface area (Å²) >= 11 is 0. The van der Waals surface area contributed by atoms with Crippen LogP contribution in [0, 0.1) is 0 Å². The van der Waals surface area contributed by atoms with Gasteiger partial charge in [-0.15, -0.1) is 0 Å². The number of nitrogens with one attached hydrogen (secondary N) is 1. The van der Waals surface area contributed by atoms with E-state index >= 15 is 0 Å². The number of carbonyl (C=O) groups excluding carboxylic acids is 5. The van der Waals surface area contributed by atoms with Gasteiger partial charge in [0.2, 0.25) is 5.91 Å². The number of unbranched alkanes of at least 4 members (excludes halogenated alkanes) is 1. The van der Waals surface area contributed by atoms with Crippen molar-refractivity contribution in [1.29, 1.82) is 0 Å². The summed E-state index contributed by atoms with van der Waals surface area (Å²) in [6, 6.07) is 7.38. The Morgan fingerprint density at radius 3 is 2.15 bits per heavy atom. The lowest BCUT2D eigenvalue weighted by atomic mass is 9.96. The van der Waals surface area contributed by atoms with Crippen LogP contribution in [0.15, 0.2) is 30.3 Å². The second kappa shape index (κ2) is 16.5. The highest BCUT2D eigenvalue weighted by molar-refractivity contribution is 5.75. The summed E-state index contributed by atoms with van der Waals surface area (Å²) in [5.41, 5.74) is 6.81. The Kier molecular flexibility index (Phi) is 13.5. The van der Waals surface area contributed by atoms with Gasteiger partial charge in [-0.2, -0.15) is 0 Å². The van der Waals surface area contributed by atoms with Gasteiger partial charge >= 0.3 is 23.9 Å². The molecule has 0 spiro atoms. The van der Waals surface area contributed by atoms with Gasteiger partial charge in [-0.1, -0.05) is 30.3 Å². The number of nitrogens with two attached hydrogens (primary N) is 1. The summed E-state index contributed by atoms with van der Waals surface area (Å²) in [5, 5.41) is 2.63. The third kappa shape index (κ3) is 11.3. The molecule has 13 heteroatoms. The van der Waals surface area contributed by atoms with E-state index in [0.29, 0.717) is 19.3 Å². The van der Waals surface area contributed by atoms with E-state index in [1.165, 1.54) is 13.8 Å². The zero-order chi connectivity index (χ0) is 29.7. The van der Waals surface area contributed by atoms with Crippen LogP contribution >= 0.6 is 0 Å². The van der Waals surface area contributed by atoms with E-state index < -0.39 is 66.5 Å². The molecule has 1 aromatic carbocycles. The maximum absolute atomic E-state index is 12.2. The van der Waals surface area contributed by atoms with E-state index in [1.807, 2.05) is 30.3 Å². The van der Waals surface area contributed by atoms with Crippen molar-refractivity contribution in [3.05, 3.63) is 35.9 Å². The van der Waals surface area contributed by atoms with Crippen molar-refractivity contribution < 1.29 is 52.4 Å². The molecular formula is C27H38N2O11. The van der Waals surface area contributed by atoms with Gasteiger partial charge in [-0.05, 0) is 24.8 Å². The molecule has 1 aromatic rings. The minimum Gasteiger partial charge on any atom is -0.463 e. The first-order valence-corrected chi connectivity index (χ1v) is 13.0. The molecular weight excluding hydrogens is 528 g/mol. The number of carbonyl (C=O) groups is 5. The summed E-state index contributed by atoms with van der Waals surface area (Å²) in [4.78, 5) is 59.3. The Balaban J connectivity index is 2.00. The molecule has 1 heterocycles. The molecule has 0 bridgehead atoms. The number of hydrogen-bond donors (Lipinski definition) is 2. The molecule has 0 aliphatic carbocycles. The van der Waals surface area contributed by atoms with Gasteiger partial charge in [-0.25, -0.2) is 0 Å². The molecule has 0 aromatic heterocycles. The van der Waals surface area contributed by atoms with E-state index in [4.69, 9.17) is 34.2 Å². The van der Waals surface area contributed by atoms with Crippen molar-refractivity contribution >= 4 is 29.8 Å². The molecule has 0 radical (unpaired) electrons. The third-order valence-corrected chi connectivity index (χ3v) is 5.79. The van der Waals surface area contributed by atoms with Gasteiger partial charge in [0, 0.05) is 34.3 Å². The predicted octanol–water partition coefficient (Wildman–Crippen LogP) is 0.900. The van der Waals surface area contributed by atoms with Crippen LogP contribution in [0.1, 0.15) is 52.5 Å². The minimum absolute atomic E-state index is 0.123. The second-order valence-electron chi connectivity index (χ2n) is 9.29. The number of amides is 1. The summed E-state index contributed by atoms with van der Waals surface area (Å²) in [6.07, 6.45) is -3.27. The van der Waals surface area contributed by atoms with E-state index in [0.717, 1.165) is 19.4 Å². The lowest BCUT2D eigenvalue weighted by Crippen LogP contribution is -2.66. The second-order valence-corrected chi connectivity index (χ2v) is 9.29. The highest BCUT2D eigenvalue weighted by Gasteiger charge is 2.51. The summed E-state index contributed by atoms with van der Waals surface area (Å²) in [7, 11) is 0. The molecule has 13 nitrogen and oxygen atoms in total. The minimum atomic E-state index is -1.20. The van der Waals surface area contributed by atoms with E-state index in [1.54, 1.807) is 0 Å². The average Bonchev–Trinajstić information content (AvgIpc) is 2.88. The molecule has 1 fully saturated rings. The number of hydrogen-bond acceptors (Lipinski definition) is 12. The van der Waals surface area contributed by atoms with Crippen molar-refractivity contribution in [2.45, 2.75) is 90.2 Å². The van der Waals surface area contributed by atoms with E-state index in [-0.39, 0.29) is 19.8 Å². The lowest BCUT2D eigenvalue weighted by molar-refractivity contribution is -0.277. The molecule has 6 atom stereocenters. The molecule has 3 unspecified atom stereocenters. The monoisotopic (exact) mass is 566 g/mol. The molecule has 1 aliphatic heterocycles. The van der Waals surface area contributed by atoms with Crippen molar-refractivity contribution in [2.75, 3.05) is 13.2 Å². The number of benzene rings is 1. The van der Waals surface area contributed by atoms with Crippen LogP contribution in [0.5, 0.6) is 0 Å². The molecule has 222 valence electrons. The highest BCUT2D eigenvalue weighted by Crippen LogP contribution is 2.28. The van der Waals surface area contributed by atoms with Crippen molar-refractivity contribution in [2.24, 2.45) is 5.73 Å². The topological polar surface area (TPSA) is 179 Å². The van der Waals surface area contributed by atoms with E-state index in [2.05, 4.69) is 5.32 Å². The van der Waals surface area contributed by atoms with Gasteiger partial charge in [0.15, 0.2) is 18.5 Å². The fourth-order valence-corrected chi connectivity index (χ4v) is 4.05. The molecule has 1 amide bonds. The third-order valence-electron chi connectivity index (χ3n) is 5.79. The molecule has 1 saturated heterocycles. The Labute approximate surface area is 232 Å². The number of rotatable bonds is 14. The average molecular weight is 567 g/mol. The summed E-state index contributed by atoms with van der Waals surface area (Å²) < 4.78 is 32.9. The van der Waals surface area contributed by atoms with Crippen LogP contribution in [-0.2, 0) is 59.0 Å². The van der Waals surface area contributed by atoms with Crippen LogP contribution < -0.4 is 11.1 Å². The largest absolute Gasteiger partial charge is 0.463 e. The van der Waals surface area contributed by atoms with Gasteiger partial charge < -0.3 is 39.5 Å². The Morgan fingerprint density at radius 1 is 0.900 bits per heavy atom. The van der Waals surface area contributed by atoms with Crippen molar-refractivity contribution in [3.63, 3.8) is 0 Å². The maximum Gasteiger partial charge on any atom is 0.323 e. The normalized spacial score (nSPS) is 22.9. The Hall–Kier alpha value is -3.55. The lowest BCUT2D eigenvalue weighted by Gasteiger charge is -2.44. The van der Waals surface area contributed by atoms with Crippen LogP contribution in [0.25, 0.3) is 0 Å². The predicted molar refractivity (Wildman–Crippen MR) is 138 cm³/mol. The molecule has 1 aliphatic rings. The molecule has 0 saturated carbocycles. The smallest absolute Gasteiger partial charge is 0.323 e. The zero-order valence-corrected chi connectivity index (χ0v) is 23.2. The standard InChI is InChI=1S/C27H38N2O11/c1-16(30)29-23-25(39-19(4)33)24(38-18(3)32)22(15-36-17(2)31)40-27(23)35-13-9-8-12-21(28)26(34)37-14-20-10-6-5-7-11-20/h5-7,10-11,21-25,27H,8-9,12-15,28H2,1-4H3,(H,29,30)/t21-,22?,23?,24-,25?,27-/m0/s1. The van der Waals surface area contributed by atoms with Crippen LogP contribution in [-0.4, -0.2) is 79.7 Å². The van der Waals surface area contributed by atoms with Gasteiger partial charge in [0.1, 0.15) is 31.4 Å².